The summed E-state index contributed by atoms with van der Waals surface area (Å²) in [7, 11) is 0. The van der Waals surface area contributed by atoms with Gasteiger partial charge < -0.3 is 24.3 Å². The van der Waals surface area contributed by atoms with Gasteiger partial charge in [-0.1, -0.05) is 32.0 Å². The molecule has 1 heterocycles. The van der Waals surface area contributed by atoms with Gasteiger partial charge >= 0.3 is 0 Å². The molecule has 2 N–H and O–H groups in total. The highest BCUT2D eigenvalue weighted by Crippen LogP contribution is 2.36. The Morgan fingerprint density at radius 3 is 2.34 bits per heavy atom. The summed E-state index contributed by atoms with van der Waals surface area (Å²) in [6.07, 6.45) is 3.83. The van der Waals surface area contributed by atoms with Crippen molar-refractivity contribution in [1.82, 2.24) is 9.55 Å². The number of nitrogens with zero attached hydrogens (tertiary/aromatic N) is 2. The number of alkyl halides is 1. The second kappa shape index (κ2) is 11.2. The van der Waals surface area contributed by atoms with Gasteiger partial charge in [0.2, 0.25) is 0 Å². The number of halogens is 2. The van der Waals surface area contributed by atoms with E-state index in [1.165, 1.54) is 0 Å². The van der Waals surface area contributed by atoms with Crippen LogP contribution in [0.4, 0.5) is 0 Å². The van der Waals surface area contributed by atoms with Gasteiger partial charge in [0.25, 0.3) is 0 Å². The molecule has 0 aliphatic carbocycles. The number of benzene rings is 2. The standard InChI is InChI=1S/C24H28BrClN2O4/c1-24(2,18-5-8-23(22(25)11-18)32-14-19(29)12-26)17-3-6-21(7-4-17)31-15-20(30)13-28-10-9-27-16-28/h3-11,16,19-20,29-30H,12-15H2,1-2H3/t19-,20+/m1/s1. The van der Waals surface area contributed by atoms with Gasteiger partial charge in [0.05, 0.1) is 23.2 Å². The smallest absolute Gasteiger partial charge is 0.133 e. The predicted octanol–water partition coefficient (Wildman–Crippen LogP) is 4.39. The lowest BCUT2D eigenvalue weighted by atomic mass is 9.78. The summed E-state index contributed by atoms with van der Waals surface area (Å²) >= 11 is 9.18. The zero-order chi connectivity index (χ0) is 23.1. The van der Waals surface area contributed by atoms with Gasteiger partial charge in [-0.2, -0.15) is 0 Å². The summed E-state index contributed by atoms with van der Waals surface area (Å²) in [4.78, 5) is 3.97. The molecule has 32 heavy (non-hydrogen) atoms. The number of hydrogen-bond acceptors (Lipinski definition) is 5. The van der Waals surface area contributed by atoms with Crippen molar-refractivity contribution in [1.29, 1.82) is 0 Å². The van der Waals surface area contributed by atoms with Crippen LogP contribution in [0.5, 0.6) is 11.5 Å². The molecule has 0 aliphatic rings. The van der Waals surface area contributed by atoms with E-state index in [2.05, 4.69) is 34.8 Å². The number of ether oxygens (including phenoxy) is 2. The van der Waals surface area contributed by atoms with Gasteiger partial charge in [-0.25, -0.2) is 4.98 Å². The maximum absolute atomic E-state index is 10.1. The highest BCUT2D eigenvalue weighted by molar-refractivity contribution is 9.10. The molecule has 0 saturated heterocycles. The molecular weight excluding hydrogens is 496 g/mol. The highest BCUT2D eigenvalue weighted by atomic mass is 79.9. The van der Waals surface area contributed by atoms with E-state index in [9.17, 15) is 10.2 Å². The van der Waals surface area contributed by atoms with Gasteiger partial charge in [0, 0.05) is 17.8 Å². The first-order chi connectivity index (χ1) is 15.3. The van der Waals surface area contributed by atoms with E-state index in [1.54, 1.807) is 18.7 Å². The highest BCUT2D eigenvalue weighted by Gasteiger charge is 2.24. The van der Waals surface area contributed by atoms with Crippen molar-refractivity contribution in [2.75, 3.05) is 19.1 Å². The Kier molecular flexibility index (Phi) is 8.59. The number of aliphatic hydroxyl groups is 2. The summed E-state index contributed by atoms with van der Waals surface area (Å²) in [6.45, 7) is 5.08. The fourth-order valence-electron chi connectivity index (χ4n) is 3.25. The zero-order valence-corrected chi connectivity index (χ0v) is 20.5. The van der Waals surface area contributed by atoms with Gasteiger partial charge in [-0.05, 0) is 51.3 Å². The Balaban J connectivity index is 1.62. The van der Waals surface area contributed by atoms with Crippen molar-refractivity contribution in [3.8, 4) is 11.5 Å². The molecule has 8 heteroatoms. The second-order valence-corrected chi connectivity index (χ2v) is 9.30. The molecular formula is C24H28BrClN2O4. The van der Waals surface area contributed by atoms with E-state index < -0.39 is 12.2 Å². The van der Waals surface area contributed by atoms with Gasteiger partial charge in [0.15, 0.2) is 0 Å². The third-order valence-electron chi connectivity index (χ3n) is 5.26. The Labute approximate surface area is 201 Å². The van der Waals surface area contributed by atoms with Crippen molar-refractivity contribution in [3.63, 3.8) is 0 Å². The molecule has 2 aromatic carbocycles. The zero-order valence-electron chi connectivity index (χ0n) is 18.1. The van der Waals surface area contributed by atoms with Crippen LogP contribution in [0.3, 0.4) is 0 Å². The Morgan fingerprint density at radius 1 is 1.03 bits per heavy atom. The molecule has 2 atom stereocenters. The van der Waals surface area contributed by atoms with Crippen LogP contribution in [0.1, 0.15) is 25.0 Å². The Hall–Kier alpha value is -2.06. The fraction of sp³-hybridized carbons (Fsp3) is 0.375. The molecule has 0 bridgehead atoms. The van der Waals surface area contributed by atoms with Crippen molar-refractivity contribution < 1.29 is 19.7 Å². The molecule has 0 spiro atoms. The second-order valence-electron chi connectivity index (χ2n) is 8.14. The van der Waals surface area contributed by atoms with Gasteiger partial charge in [0.1, 0.15) is 36.9 Å². The predicted molar refractivity (Wildman–Crippen MR) is 129 cm³/mol. The Morgan fingerprint density at radius 2 is 1.72 bits per heavy atom. The third-order valence-corrected chi connectivity index (χ3v) is 6.24. The van der Waals surface area contributed by atoms with Crippen LogP contribution in [-0.4, -0.2) is 51.1 Å². The number of aromatic nitrogens is 2. The first-order valence-electron chi connectivity index (χ1n) is 10.3. The van der Waals surface area contributed by atoms with E-state index in [-0.39, 0.29) is 24.5 Å². The van der Waals surface area contributed by atoms with Gasteiger partial charge in [-0.3, -0.25) is 0 Å². The van der Waals surface area contributed by atoms with Crippen LogP contribution in [0.15, 0.2) is 65.7 Å². The molecule has 0 unspecified atom stereocenters. The van der Waals surface area contributed by atoms with E-state index >= 15 is 0 Å². The van der Waals surface area contributed by atoms with Crippen LogP contribution < -0.4 is 9.47 Å². The lowest BCUT2D eigenvalue weighted by molar-refractivity contribution is 0.0924. The van der Waals surface area contributed by atoms with Crippen LogP contribution in [-0.2, 0) is 12.0 Å². The maximum atomic E-state index is 10.1. The molecule has 3 rings (SSSR count). The topological polar surface area (TPSA) is 76.7 Å². The summed E-state index contributed by atoms with van der Waals surface area (Å²) in [5, 5.41) is 19.7. The van der Waals surface area contributed by atoms with Crippen molar-refractivity contribution >= 4 is 27.5 Å². The lowest BCUT2D eigenvalue weighted by Gasteiger charge is -2.27. The first kappa shape index (κ1) is 24.6. The molecule has 6 nitrogen and oxygen atoms in total. The average molecular weight is 524 g/mol. The van der Waals surface area contributed by atoms with Crippen molar-refractivity contribution in [2.24, 2.45) is 0 Å². The third kappa shape index (κ3) is 6.48. The number of hydrogen-bond donors (Lipinski definition) is 2. The fourth-order valence-corrected chi connectivity index (χ4v) is 3.84. The average Bonchev–Trinajstić information content (AvgIpc) is 3.29. The molecule has 1 aromatic heterocycles. The minimum Gasteiger partial charge on any atom is -0.491 e. The number of imidazole rings is 1. The maximum Gasteiger partial charge on any atom is 0.133 e. The molecule has 0 amide bonds. The van der Waals surface area contributed by atoms with Gasteiger partial charge in [-0.15, -0.1) is 11.6 Å². The van der Waals surface area contributed by atoms with Crippen LogP contribution in [0, 0.1) is 0 Å². The molecule has 3 aromatic rings. The van der Waals surface area contributed by atoms with Crippen LogP contribution in [0.25, 0.3) is 0 Å². The molecule has 0 aliphatic heterocycles. The molecule has 0 saturated carbocycles. The van der Waals surface area contributed by atoms with E-state index in [4.69, 9.17) is 21.1 Å². The summed E-state index contributed by atoms with van der Waals surface area (Å²) in [5.41, 5.74) is 1.98. The normalized spacial score (nSPS) is 13.6. The van der Waals surface area contributed by atoms with E-state index in [0.717, 1.165) is 15.6 Å². The number of aliphatic hydroxyl groups excluding tert-OH is 2. The summed E-state index contributed by atoms with van der Waals surface area (Å²) in [5.74, 6) is 1.50. The summed E-state index contributed by atoms with van der Waals surface area (Å²) in [6, 6.07) is 13.8. The quantitative estimate of drug-likeness (QED) is 0.365. The monoisotopic (exact) mass is 522 g/mol. The SMILES string of the molecule is CC(C)(c1ccc(OC[C@@H](O)Cn2ccnc2)cc1)c1ccc(OC[C@H](O)CCl)c(Br)c1. The number of rotatable bonds is 11. The molecule has 0 fully saturated rings. The minimum absolute atomic E-state index is 0.131. The first-order valence-corrected chi connectivity index (χ1v) is 11.7. The van der Waals surface area contributed by atoms with Crippen molar-refractivity contribution in [3.05, 3.63) is 76.8 Å². The molecule has 172 valence electrons. The summed E-state index contributed by atoms with van der Waals surface area (Å²) < 4.78 is 14.0. The van der Waals surface area contributed by atoms with Crippen LogP contribution >= 0.6 is 27.5 Å². The molecule has 0 radical (unpaired) electrons. The van der Waals surface area contributed by atoms with Crippen LogP contribution in [0.2, 0.25) is 0 Å². The largest absolute Gasteiger partial charge is 0.491 e. The minimum atomic E-state index is -0.701. The lowest BCUT2D eigenvalue weighted by Crippen LogP contribution is -2.23. The van der Waals surface area contributed by atoms with Crippen molar-refractivity contribution in [2.45, 2.75) is 38.0 Å². The van der Waals surface area contributed by atoms with E-state index in [1.807, 2.05) is 47.0 Å². The Bertz CT molecular complexity index is 980. The van der Waals surface area contributed by atoms with E-state index in [0.29, 0.717) is 18.0 Å².